The highest BCUT2D eigenvalue weighted by atomic mass is 16.5. The number of esters is 1. The largest absolute Gasteiger partial charge is 0.506 e. The molecule has 156 valence electrons. The fraction of sp³-hybridized carbons (Fsp3) is 0.125. The van der Waals surface area contributed by atoms with E-state index >= 15 is 0 Å². The number of carbonyl (C=O) groups is 2. The summed E-state index contributed by atoms with van der Waals surface area (Å²) in [6, 6.07) is 19.3. The summed E-state index contributed by atoms with van der Waals surface area (Å²) in [5.41, 5.74) is 0.860. The lowest BCUT2D eigenvalue weighted by Gasteiger charge is -2.19. The third-order valence-electron chi connectivity index (χ3n) is 5.01. The van der Waals surface area contributed by atoms with Crippen LogP contribution in [0.1, 0.15) is 27.8 Å². The molecule has 0 bridgehead atoms. The summed E-state index contributed by atoms with van der Waals surface area (Å²) in [6.45, 7) is -0.487. The highest BCUT2D eigenvalue weighted by Gasteiger charge is 2.22. The van der Waals surface area contributed by atoms with Crippen LogP contribution in [0.2, 0.25) is 0 Å². The minimum absolute atomic E-state index is 0.00945. The average molecular weight is 415 g/mol. The van der Waals surface area contributed by atoms with Crippen LogP contribution in [0.15, 0.2) is 79.1 Å². The van der Waals surface area contributed by atoms with E-state index in [0.717, 1.165) is 10.9 Å². The summed E-state index contributed by atoms with van der Waals surface area (Å²) in [7, 11) is 1.84. The van der Waals surface area contributed by atoms with Crippen molar-refractivity contribution >= 4 is 22.6 Å². The summed E-state index contributed by atoms with van der Waals surface area (Å²) in [5, 5.41) is 14.6. The van der Waals surface area contributed by atoms with Gasteiger partial charge in [-0.15, -0.1) is 0 Å². The molecule has 3 aromatic carbocycles. The maximum Gasteiger partial charge on any atom is 0.342 e. The van der Waals surface area contributed by atoms with Crippen LogP contribution in [0.5, 0.6) is 5.75 Å². The summed E-state index contributed by atoms with van der Waals surface area (Å²) in [5.74, 6) is -0.770. The highest BCUT2D eigenvalue weighted by molar-refractivity contribution is 6.01. The maximum atomic E-state index is 12.6. The van der Waals surface area contributed by atoms with Gasteiger partial charge in [-0.2, -0.15) is 0 Å². The second-order valence-corrected chi connectivity index (χ2v) is 7.07. The fourth-order valence-corrected chi connectivity index (χ4v) is 3.43. The van der Waals surface area contributed by atoms with Crippen LogP contribution >= 0.6 is 0 Å². The number of phenolic OH excluding ortho intramolecular Hbond substituents is 1. The molecule has 4 rings (SSSR count). The Morgan fingerprint density at radius 2 is 1.81 bits per heavy atom. The summed E-state index contributed by atoms with van der Waals surface area (Å²) in [6.07, 6.45) is 3.44. The van der Waals surface area contributed by atoms with Crippen molar-refractivity contribution in [2.24, 2.45) is 7.05 Å². The molecule has 7 nitrogen and oxygen atoms in total. The number of rotatable bonds is 6. The maximum absolute atomic E-state index is 12.6. The Hall–Kier alpha value is -4.13. The van der Waals surface area contributed by atoms with Crippen LogP contribution in [-0.4, -0.2) is 33.1 Å². The molecule has 0 saturated carbocycles. The van der Waals surface area contributed by atoms with Crippen LogP contribution in [-0.2, 0) is 16.6 Å². The Labute approximate surface area is 178 Å². The van der Waals surface area contributed by atoms with Gasteiger partial charge in [-0.25, -0.2) is 9.78 Å². The first-order valence-electron chi connectivity index (χ1n) is 9.74. The van der Waals surface area contributed by atoms with Crippen LogP contribution in [0.4, 0.5) is 0 Å². The topological polar surface area (TPSA) is 93.5 Å². The number of phenols is 1. The van der Waals surface area contributed by atoms with E-state index in [1.807, 2.05) is 54.1 Å². The van der Waals surface area contributed by atoms with Crippen molar-refractivity contribution in [3.8, 4) is 5.75 Å². The number of ether oxygens (including phenoxy) is 1. The molecule has 0 spiro atoms. The van der Waals surface area contributed by atoms with Gasteiger partial charge >= 0.3 is 5.97 Å². The van der Waals surface area contributed by atoms with Crippen LogP contribution in [0, 0.1) is 0 Å². The molecule has 0 radical (unpaired) electrons. The van der Waals surface area contributed by atoms with E-state index in [1.165, 1.54) is 6.07 Å². The molecule has 0 aliphatic carbocycles. The number of nitrogens with one attached hydrogen (secondary N) is 1. The van der Waals surface area contributed by atoms with Gasteiger partial charge in [-0.1, -0.05) is 60.7 Å². The van der Waals surface area contributed by atoms with Gasteiger partial charge in [0.25, 0.3) is 5.91 Å². The Morgan fingerprint density at radius 1 is 1.06 bits per heavy atom. The van der Waals surface area contributed by atoms with Crippen molar-refractivity contribution in [3.05, 3.63) is 96.1 Å². The zero-order chi connectivity index (χ0) is 21.8. The van der Waals surface area contributed by atoms with Gasteiger partial charge in [-0.05, 0) is 17.0 Å². The van der Waals surface area contributed by atoms with Crippen molar-refractivity contribution in [2.45, 2.75) is 6.04 Å². The van der Waals surface area contributed by atoms with Crippen molar-refractivity contribution < 1.29 is 19.4 Å². The van der Waals surface area contributed by atoms with Crippen LogP contribution in [0.25, 0.3) is 10.8 Å². The molecule has 7 heteroatoms. The first-order valence-corrected chi connectivity index (χ1v) is 9.74. The molecule has 1 amide bonds. The normalized spacial score (nSPS) is 11.8. The molecule has 1 heterocycles. The second kappa shape index (κ2) is 8.71. The molecule has 4 aromatic rings. The monoisotopic (exact) mass is 415 g/mol. The van der Waals surface area contributed by atoms with Crippen molar-refractivity contribution in [3.63, 3.8) is 0 Å². The molecule has 0 saturated heterocycles. The fourth-order valence-electron chi connectivity index (χ4n) is 3.43. The van der Waals surface area contributed by atoms with E-state index in [9.17, 15) is 14.7 Å². The molecule has 0 aliphatic rings. The lowest BCUT2D eigenvalue weighted by molar-refractivity contribution is -0.124. The minimum atomic E-state index is -0.772. The van der Waals surface area contributed by atoms with Crippen molar-refractivity contribution in [1.29, 1.82) is 0 Å². The van der Waals surface area contributed by atoms with Gasteiger partial charge in [0.1, 0.15) is 23.2 Å². The van der Waals surface area contributed by atoms with E-state index in [0.29, 0.717) is 11.2 Å². The quantitative estimate of drug-likeness (QED) is 0.471. The Morgan fingerprint density at radius 3 is 2.55 bits per heavy atom. The van der Waals surface area contributed by atoms with Gasteiger partial charge in [0, 0.05) is 24.8 Å². The average Bonchev–Trinajstić information content (AvgIpc) is 3.22. The van der Waals surface area contributed by atoms with Crippen LogP contribution in [0.3, 0.4) is 0 Å². The molecule has 1 aromatic heterocycles. The van der Waals surface area contributed by atoms with E-state index < -0.39 is 24.5 Å². The summed E-state index contributed by atoms with van der Waals surface area (Å²) < 4.78 is 6.98. The third kappa shape index (κ3) is 4.25. The third-order valence-corrected chi connectivity index (χ3v) is 5.01. The number of aromatic nitrogens is 2. The standard InChI is InChI=1S/C24H21N3O4/c1-27-14-13-25-23(27)21(17-8-3-2-4-9-17)26-20(28)15-31-24(30)19-12-11-16-7-5-6-10-18(16)22(19)29/h2-14,21,29H,15H2,1H3,(H,26,28)/t21-/m0/s1. The van der Waals surface area contributed by atoms with Crippen LogP contribution < -0.4 is 5.32 Å². The number of benzene rings is 3. The lowest BCUT2D eigenvalue weighted by Crippen LogP contribution is -2.34. The summed E-state index contributed by atoms with van der Waals surface area (Å²) in [4.78, 5) is 29.4. The molecular formula is C24H21N3O4. The van der Waals surface area contributed by atoms with E-state index in [1.54, 1.807) is 30.6 Å². The van der Waals surface area contributed by atoms with Gasteiger partial charge < -0.3 is 19.7 Å². The number of hydrogen-bond acceptors (Lipinski definition) is 5. The Balaban J connectivity index is 1.47. The first-order chi connectivity index (χ1) is 15.0. The number of fused-ring (bicyclic) bond motifs is 1. The first kappa shape index (κ1) is 20.2. The summed E-state index contributed by atoms with van der Waals surface area (Å²) >= 11 is 0. The van der Waals surface area contributed by atoms with Gasteiger partial charge in [0.2, 0.25) is 0 Å². The van der Waals surface area contributed by atoms with Gasteiger partial charge in [-0.3, -0.25) is 4.79 Å². The molecule has 1 atom stereocenters. The second-order valence-electron chi connectivity index (χ2n) is 7.07. The van der Waals surface area contributed by atoms with Gasteiger partial charge in [0.15, 0.2) is 6.61 Å². The molecule has 0 aliphatic heterocycles. The van der Waals surface area contributed by atoms with E-state index in [2.05, 4.69) is 10.3 Å². The van der Waals surface area contributed by atoms with E-state index in [4.69, 9.17) is 4.74 Å². The molecule has 0 unspecified atom stereocenters. The minimum Gasteiger partial charge on any atom is -0.506 e. The zero-order valence-corrected chi connectivity index (χ0v) is 16.9. The Bertz CT molecular complexity index is 1230. The van der Waals surface area contributed by atoms with Crippen molar-refractivity contribution in [1.82, 2.24) is 14.9 Å². The number of nitrogens with zero attached hydrogens (tertiary/aromatic N) is 2. The number of hydrogen-bond donors (Lipinski definition) is 2. The lowest BCUT2D eigenvalue weighted by atomic mass is 10.1. The number of aryl methyl sites for hydroxylation is 1. The smallest absolute Gasteiger partial charge is 0.342 e. The Kier molecular flexibility index (Phi) is 5.66. The van der Waals surface area contributed by atoms with Gasteiger partial charge in [0.05, 0.1) is 0 Å². The molecule has 2 N–H and O–H groups in total. The SMILES string of the molecule is Cn1ccnc1[C@@H](NC(=O)COC(=O)c1ccc2ccccc2c1O)c1ccccc1. The highest BCUT2D eigenvalue weighted by Crippen LogP contribution is 2.29. The predicted molar refractivity (Wildman–Crippen MR) is 116 cm³/mol. The molecule has 0 fully saturated rings. The molecule has 31 heavy (non-hydrogen) atoms. The number of imidazole rings is 1. The number of aromatic hydroxyl groups is 1. The molecular weight excluding hydrogens is 394 g/mol. The predicted octanol–water partition coefficient (Wildman–Crippen LogP) is 3.34. The van der Waals surface area contributed by atoms with E-state index in [-0.39, 0.29) is 11.3 Å². The number of amides is 1. The zero-order valence-electron chi connectivity index (χ0n) is 16.9. The van der Waals surface area contributed by atoms with Crippen molar-refractivity contribution in [2.75, 3.05) is 6.61 Å². The number of carbonyl (C=O) groups excluding carboxylic acids is 2.